The lowest BCUT2D eigenvalue weighted by molar-refractivity contribution is -0.197. The maximum atomic E-state index is 11.3. The van der Waals surface area contributed by atoms with Gasteiger partial charge >= 0.3 is 5.97 Å². The van der Waals surface area contributed by atoms with Gasteiger partial charge in [0, 0.05) is 19.3 Å². The molecule has 0 radical (unpaired) electrons. The Labute approximate surface area is 106 Å². The first kappa shape index (κ1) is 15.9. The Morgan fingerprint density at radius 3 is 2.29 bits per heavy atom. The molecule has 6 nitrogen and oxygen atoms in total. The van der Waals surface area contributed by atoms with E-state index in [1.54, 1.807) is 0 Å². The molecule has 0 bridgehead atoms. The van der Waals surface area contributed by atoms with Crippen LogP contribution in [0.5, 0.6) is 0 Å². The summed E-state index contributed by atoms with van der Waals surface area (Å²) in [6.07, 6.45) is 2.81. The number of hydrogen-bond donors (Lipinski definition) is 1. The van der Waals surface area contributed by atoms with Crippen LogP contribution in [0.4, 0.5) is 0 Å². The van der Waals surface area contributed by atoms with Gasteiger partial charge in [-0.2, -0.15) is 0 Å². The molecule has 1 fully saturated rings. The number of amides is 2. The molecule has 1 aliphatic heterocycles. The predicted molar refractivity (Wildman–Crippen MR) is 61.9 cm³/mol. The zero-order valence-corrected chi connectivity index (χ0v) is 10.3. The van der Waals surface area contributed by atoms with E-state index in [9.17, 15) is 14.4 Å². The molecular weight excluding hydrogens is 248 g/mol. The number of unbranched alkanes of at least 4 members (excludes halogenated alkanes) is 2. The molecule has 1 heterocycles. The zero-order valence-electron chi connectivity index (χ0n) is 9.52. The van der Waals surface area contributed by atoms with Gasteiger partial charge in [0.25, 0.3) is 11.8 Å². The van der Waals surface area contributed by atoms with Gasteiger partial charge in [0.1, 0.15) is 0 Å². The lowest BCUT2D eigenvalue weighted by Crippen LogP contribution is -2.31. The van der Waals surface area contributed by atoms with Gasteiger partial charge in [-0.15, -0.1) is 17.5 Å². The molecule has 1 saturated heterocycles. The summed E-state index contributed by atoms with van der Waals surface area (Å²) < 4.78 is 0. The summed E-state index contributed by atoms with van der Waals surface area (Å²) in [5.41, 5.74) is 5.30. The molecule has 0 aromatic rings. The molecule has 17 heavy (non-hydrogen) atoms. The van der Waals surface area contributed by atoms with Gasteiger partial charge in [0.2, 0.25) is 0 Å². The fraction of sp³-hybridized carbons (Fsp3) is 0.700. The second-order valence-corrected chi connectivity index (χ2v) is 3.64. The predicted octanol–water partition coefficient (Wildman–Crippen LogP) is 0.534. The number of imide groups is 1. The van der Waals surface area contributed by atoms with E-state index >= 15 is 0 Å². The summed E-state index contributed by atoms with van der Waals surface area (Å²) in [4.78, 5) is 38.1. The van der Waals surface area contributed by atoms with Crippen molar-refractivity contribution >= 4 is 30.2 Å². The summed E-state index contributed by atoms with van der Waals surface area (Å²) in [5, 5.41) is 0.575. The number of hydroxylamine groups is 2. The summed E-state index contributed by atoms with van der Waals surface area (Å²) in [6, 6.07) is 0. The smallest absolute Gasteiger partial charge is 0.330 e. The van der Waals surface area contributed by atoms with Gasteiger partial charge in [-0.3, -0.25) is 9.59 Å². The largest absolute Gasteiger partial charge is 0.333 e. The maximum absolute atomic E-state index is 11.3. The number of carbonyl (C=O) groups excluding carboxylic acids is 3. The second kappa shape index (κ2) is 8.03. The van der Waals surface area contributed by atoms with Crippen LogP contribution in [0, 0.1) is 0 Å². The van der Waals surface area contributed by atoms with E-state index in [2.05, 4.69) is 4.84 Å². The van der Waals surface area contributed by atoms with E-state index in [0.717, 1.165) is 12.8 Å². The monoisotopic (exact) mass is 264 g/mol. The molecule has 2 N–H and O–H groups in total. The molecule has 2 amide bonds. The third kappa shape index (κ3) is 5.14. The molecule has 0 aromatic carbocycles. The first-order valence-corrected chi connectivity index (χ1v) is 5.42. The van der Waals surface area contributed by atoms with Crippen LogP contribution in [-0.2, 0) is 19.2 Å². The van der Waals surface area contributed by atoms with Crippen molar-refractivity contribution in [1.82, 2.24) is 5.06 Å². The van der Waals surface area contributed by atoms with Crippen LogP contribution in [0.1, 0.15) is 38.5 Å². The minimum Gasteiger partial charge on any atom is -0.330 e. The van der Waals surface area contributed by atoms with Gasteiger partial charge in [-0.05, 0) is 19.4 Å². The molecule has 0 aromatic heterocycles. The highest BCUT2D eigenvalue weighted by Gasteiger charge is 2.32. The third-order valence-corrected chi connectivity index (χ3v) is 2.28. The zero-order chi connectivity index (χ0) is 12.0. The number of halogens is 1. The Hall–Kier alpha value is -1.14. The first-order valence-electron chi connectivity index (χ1n) is 5.42. The van der Waals surface area contributed by atoms with E-state index in [0.29, 0.717) is 18.0 Å². The molecule has 98 valence electrons. The van der Waals surface area contributed by atoms with E-state index in [1.165, 1.54) is 0 Å². The highest BCUT2D eigenvalue weighted by Crippen LogP contribution is 2.13. The van der Waals surface area contributed by atoms with E-state index in [4.69, 9.17) is 5.73 Å². The minimum atomic E-state index is -0.541. The standard InChI is InChI=1S/C10H16N2O4.ClH/c11-7-3-1-2-4-10(15)16-12-8(13)5-6-9(12)14;/h1-7,11H2;1H. The van der Waals surface area contributed by atoms with E-state index in [1.807, 2.05) is 0 Å². The SMILES string of the molecule is Cl.NCCCCCC(=O)ON1C(=O)CCC1=O. The Bertz CT molecular complexity index is 280. The molecule has 7 heteroatoms. The summed E-state index contributed by atoms with van der Waals surface area (Å²) >= 11 is 0. The van der Waals surface area contributed by atoms with Crippen molar-refractivity contribution in [1.29, 1.82) is 0 Å². The van der Waals surface area contributed by atoms with Gasteiger partial charge in [-0.25, -0.2) is 4.79 Å². The van der Waals surface area contributed by atoms with Crippen molar-refractivity contribution in [2.24, 2.45) is 5.73 Å². The quantitative estimate of drug-likeness (QED) is 0.558. The number of carbonyl (C=O) groups is 3. The molecule has 1 aliphatic rings. The Kier molecular flexibility index (Phi) is 7.49. The lowest BCUT2D eigenvalue weighted by atomic mass is 10.2. The van der Waals surface area contributed by atoms with Crippen molar-refractivity contribution in [3.05, 3.63) is 0 Å². The Morgan fingerprint density at radius 1 is 1.18 bits per heavy atom. The van der Waals surface area contributed by atoms with Crippen molar-refractivity contribution in [3.8, 4) is 0 Å². The van der Waals surface area contributed by atoms with Crippen molar-refractivity contribution in [2.75, 3.05) is 6.54 Å². The topological polar surface area (TPSA) is 89.7 Å². The fourth-order valence-electron chi connectivity index (χ4n) is 1.40. The number of nitrogens with zero attached hydrogens (tertiary/aromatic N) is 1. The molecule has 1 rings (SSSR count). The number of hydrogen-bond acceptors (Lipinski definition) is 5. The van der Waals surface area contributed by atoms with Gasteiger partial charge < -0.3 is 10.6 Å². The van der Waals surface area contributed by atoms with Gasteiger partial charge in [0.15, 0.2) is 0 Å². The van der Waals surface area contributed by atoms with Crippen LogP contribution >= 0.6 is 12.4 Å². The molecule has 0 saturated carbocycles. The van der Waals surface area contributed by atoms with Gasteiger partial charge in [0.05, 0.1) is 0 Å². The number of nitrogens with two attached hydrogens (primary N) is 1. The third-order valence-electron chi connectivity index (χ3n) is 2.28. The van der Waals surface area contributed by atoms with Crippen molar-refractivity contribution in [2.45, 2.75) is 38.5 Å². The van der Waals surface area contributed by atoms with Crippen molar-refractivity contribution < 1.29 is 19.2 Å². The van der Waals surface area contributed by atoms with Crippen LogP contribution in [0.3, 0.4) is 0 Å². The summed E-state index contributed by atoms with van der Waals surface area (Å²) in [5.74, 6) is -1.43. The lowest BCUT2D eigenvalue weighted by Gasteiger charge is -2.12. The molecule has 0 spiro atoms. The molecule has 0 atom stereocenters. The second-order valence-electron chi connectivity index (χ2n) is 3.64. The van der Waals surface area contributed by atoms with Crippen LogP contribution in [0.15, 0.2) is 0 Å². The average Bonchev–Trinajstić information content (AvgIpc) is 2.56. The van der Waals surface area contributed by atoms with E-state index < -0.39 is 17.8 Å². The number of rotatable bonds is 6. The first-order chi connectivity index (χ1) is 7.65. The minimum absolute atomic E-state index is 0. The van der Waals surface area contributed by atoms with Crippen LogP contribution in [0.2, 0.25) is 0 Å². The summed E-state index contributed by atoms with van der Waals surface area (Å²) in [7, 11) is 0. The van der Waals surface area contributed by atoms with Gasteiger partial charge in [-0.1, -0.05) is 6.42 Å². The summed E-state index contributed by atoms with van der Waals surface area (Å²) in [6.45, 7) is 0.595. The molecular formula is C10H17ClN2O4. The fourth-order valence-corrected chi connectivity index (χ4v) is 1.40. The molecule has 0 aliphatic carbocycles. The average molecular weight is 265 g/mol. The van der Waals surface area contributed by atoms with Crippen LogP contribution in [-0.4, -0.2) is 29.4 Å². The normalized spacial score (nSPS) is 14.8. The highest BCUT2D eigenvalue weighted by atomic mass is 35.5. The molecule has 0 unspecified atom stereocenters. The van der Waals surface area contributed by atoms with Crippen LogP contribution in [0.25, 0.3) is 0 Å². The Morgan fingerprint density at radius 2 is 1.76 bits per heavy atom. The maximum Gasteiger partial charge on any atom is 0.333 e. The van der Waals surface area contributed by atoms with E-state index in [-0.39, 0.29) is 31.7 Å². The van der Waals surface area contributed by atoms with Crippen LogP contribution < -0.4 is 5.73 Å². The van der Waals surface area contributed by atoms with Crippen molar-refractivity contribution in [3.63, 3.8) is 0 Å². The highest BCUT2D eigenvalue weighted by molar-refractivity contribution is 6.01. The Balaban J connectivity index is 0.00000256.